The Kier molecular flexibility index (Phi) is 2.89. The minimum absolute atomic E-state index is 0.00543. The van der Waals surface area contributed by atoms with Crippen LogP contribution in [-0.4, -0.2) is 11.1 Å². The van der Waals surface area contributed by atoms with E-state index >= 15 is 0 Å². The molecule has 2 aliphatic heterocycles. The van der Waals surface area contributed by atoms with Gasteiger partial charge in [-0.25, -0.2) is 4.79 Å². The molecule has 2 heterocycles. The van der Waals surface area contributed by atoms with Crippen molar-refractivity contribution >= 4 is 17.3 Å². The molecule has 1 spiro atoms. The van der Waals surface area contributed by atoms with Gasteiger partial charge >= 0.3 is 5.97 Å². The Balaban J connectivity index is 1.91. The van der Waals surface area contributed by atoms with Gasteiger partial charge in [0.2, 0.25) is 0 Å². The van der Waals surface area contributed by atoms with Gasteiger partial charge in [-0.1, -0.05) is 18.2 Å². The number of esters is 1. The van der Waals surface area contributed by atoms with E-state index in [4.69, 9.17) is 15.2 Å². The molecule has 5 rings (SSSR count). The quantitative estimate of drug-likeness (QED) is 0.386. The van der Waals surface area contributed by atoms with Gasteiger partial charge in [0, 0.05) is 28.8 Å². The Morgan fingerprint density at radius 1 is 0.963 bits per heavy atom. The van der Waals surface area contributed by atoms with Gasteiger partial charge in [0.05, 0.1) is 11.3 Å². The first-order valence-corrected chi connectivity index (χ1v) is 8.16. The Morgan fingerprint density at radius 3 is 2.56 bits per heavy atom. The van der Waals surface area contributed by atoms with Crippen LogP contribution in [-0.2, 0) is 10.3 Å². The minimum atomic E-state index is -1.29. The predicted molar refractivity (Wildman–Crippen MR) is 96.2 cm³/mol. The fourth-order valence-electron chi connectivity index (χ4n) is 3.79. The van der Waals surface area contributed by atoms with Crippen molar-refractivity contribution in [3.63, 3.8) is 0 Å². The number of aromatic hydroxyl groups is 1. The Hall–Kier alpha value is -3.87. The van der Waals surface area contributed by atoms with Crippen LogP contribution in [0, 0.1) is 4.91 Å². The van der Waals surface area contributed by atoms with Gasteiger partial charge in [0.15, 0.2) is 5.60 Å². The van der Waals surface area contributed by atoms with E-state index in [1.807, 2.05) is 6.07 Å². The third-order valence-electron chi connectivity index (χ3n) is 4.94. The van der Waals surface area contributed by atoms with Crippen LogP contribution in [0.5, 0.6) is 17.2 Å². The van der Waals surface area contributed by atoms with Crippen molar-refractivity contribution in [1.29, 1.82) is 0 Å². The molecule has 0 aromatic heterocycles. The van der Waals surface area contributed by atoms with E-state index in [1.165, 1.54) is 24.3 Å². The van der Waals surface area contributed by atoms with E-state index < -0.39 is 11.6 Å². The Bertz CT molecular complexity index is 1160. The maximum absolute atomic E-state index is 12.6. The van der Waals surface area contributed by atoms with Gasteiger partial charge in [0.1, 0.15) is 22.9 Å². The molecule has 7 heteroatoms. The lowest BCUT2D eigenvalue weighted by Crippen LogP contribution is -2.33. The third-order valence-corrected chi connectivity index (χ3v) is 4.94. The molecule has 3 N–H and O–H groups in total. The highest BCUT2D eigenvalue weighted by Gasteiger charge is 2.53. The number of nitrogens with two attached hydrogens (primary N) is 1. The van der Waals surface area contributed by atoms with Crippen molar-refractivity contribution in [3.05, 3.63) is 81.8 Å². The summed E-state index contributed by atoms with van der Waals surface area (Å²) in [6.07, 6.45) is 0. The molecule has 2 aliphatic rings. The van der Waals surface area contributed by atoms with Crippen LogP contribution in [0.4, 0.5) is 11.4 Å². The first-order chi connectivity index (χ1) is 13.0. The maximum atomic E-state index is 12.6. The zero-order chi connectivity index (χ0) is 18.8. The molecule has 0 fully saturated rings. The number of anilines is 1. The lowest BCUT2D eigenvalue weighted by molar-refractivity contribution is 0.0224. The molecule has 7 nitrogen and oxygen atoms in total. The van der Waals surface area contributed by atoms with E-state index in [-0.39, 0.29) is 22.9 Å². The smallest absolute Gasteiger partial charge is 0.340 e. The zero-order valence-corrected chi connectivity index (χ0v) is 13.8. The van der Waals surface area contributed by atoms with Gasteiger partial charge in [-0.05, 0) is 29.4 Å². The summed E-state index contributed by atoms with van der Waals surface area (Å²) in [5.74, 6) is 0.109. The number of hydrogen-bond acceptors (Lipinski definition) is 7. The number of nitrogens with zero attached hydrogens (tertiary/aromatic N) is 1. The molecule has 0 aliphatic carbocycles. The largest absolute Gasteiger partial charge is 0.508 e. The van der Waals surface area contributed by atoms with Crippen molar-refractivity contribution in [1.82, 2.24) is 0 Å². The molecule has 0 radical (unpaired) electrons. The molecule has 3 aromatic rings. The highest BCUT2D eigenvalue weighted by atomic mass is 16.6. The summed E-state index contributed by atoms with van der Waals surface area (Å²) < 4.78 is 11.8. The molecule has 132 valence electrons. The lowest BCUT2D eigenvalue weighted by Gasteiger charge is -2.36. The van der Waals surface area contributed by atoms with E-state index in [0.29, 0.717) is 28.0 Å². The topological polar surface area (TPSA) is 111 Å². The van der Waals surface area contributed by atoms with Crippen LogP contribution in [0.1, 0.15) is 27.0 Å². The summed E-state index contributed by atoms with van der Waals surface area (Å²) in [7, 11) is 0. The van der Waals surface area contributed by atoms with E-state index in [1.54, 1.807) is 24.3 Å². The number of phenols is 1. The second-order valence-electron chi connectivity index (χ2n) is 6.40. The van der Waals surface area contributed by atoms with Gasteiger partial charge in [0.25, 0.3) is 0 Å². The maximum Gasteiger partial charge on any atom is 0.340 e. The van der Waals surface area contributed by atoms with Crippen molar-refractivity contribution in [2.75, 3.05) is 5.73 Å². The van der Waals surface area contributed by atoms with Gasteiger partial charge < -0.3 is 20.3 Å². The highest BCUT2D eigenvalue weighted by Crippen LogP contribution is 2.57. The number of carbonyl (C=O) groups is 1. The van der Waals surface area contributed by atoms with Crippen molar-refractivity contribution < 1.29 is 19.4 Å². The van der Waals surface area contributed by atoms with Crippen LogP contribution in [0.3, 0.4) is 0 Å². The molecule has 1 unspecified atom stereocenters. The number of hydrogen-bond donors (Lipinski definition) is 2. The zero-order valence-electron chi connectivity index (χ0n) is 13.8. The SMILES string of the molecule is Nc1cc2c(cc1N=O)Oc1cc(O)ccc1C21OC(=O)c2ccccc21. The normalized spacial score (nSPS) is 18.9. The molecule has 0 saturated carbocycles. The number of phenolic OH excluding ortho intramolecular Hbond substituents is 1. The minimum Gasteiger partial charge on any atom is -0.508 e. The number of benzene rings is 3. The molecular weight excluding hydrogens is 348 g/mol. The third kappa shape index (κ3) is 1.88. The molecule has 1 atom stereocenters. The van der Waals surface area contributed by atoms with Gasteiger partial charge in [-0.15, -0.1) is 4.91 Å². The van der Waals surface area contributed by atoms with Crippen molar-refractivity contribution in [3.8, 4) is 17.2 Å². The van der Waals surface area contributed by atoms with Gasteiger partial charge in [-0.2, -0.15) is 0 Å². The number of rotatable bonds is 1. The summed E-state index contributed by atoms with van der Waals surface area (Å²) >= 11 is 0. The summed E-state index contributed by atoms with van der Waals surface area (Å²) in [5, 5.41) is 12.8. The molecular formula is C20H12N2O5. The number of carbonyl (C=O) groups excluding carboxylic acids is 1. The Labute approximate surface area is 152 Å². The average molecular weight is 360 g/mol. The predicted octanol–water partition coefficient (Wildman–Crippen LogP) is 3.94. The van der Waals surface area contributed by atoms with E-state index in [9.17, 15) is 14.8 Å². The number of nitroso groups, excluding NO2 is 1. The number of nitrogen functional groups attached to an aromatic ring is 1. The van der Waals surface area contributed by atoms with Crippen LogP contribution < -0.4 is 10.5 Å². The number of fused-ring (bicyclic) bond motifs is 6. The molecule has 27 heavy (non-hydrogen) atoms. The van der Waals surface area contributed by atoms with Crippen molar-refractivity contribution in [2.24, 2.45) is 5.18 Å². The second-order valence-corrected chi connectivity index (χ2v) is 6.40. The highest BCUT2D eigenvalue weighted by molar-refractivity contribution is 5.97. The fourth-order valence-corrected chi connectivity index (χ4v) is 3.79. The molecule has 0 bridgehead atoms. The summed E-state index contributed by atoms with van der Waals surface area (Å²) in [6, 6.07) is 14.6. The van der Waals surface area contributed by atoms with Gasteiger partial charge in [-0.3, -0.25) is 0 Å². The first kappa shape index (κ1) is 15.4. The van der Waals surface area contributed by atoms with Crippen molar-refractivity contribution in [2.45, 2.75) is 5.60 Å². The van der Waals surface area contributed by atoms with Crippen LogP contribution in [0.2, 0.25) is 0 Å². The Morgan fingerprint density at radius 2 is 1.74 bits per heavy atom. The molecule has 0 saturated heterocycles. The summed E-state index contributed by atoms with van der Waals surface area (Å²) in [6.45, 7) is 0. The summed E-state index contributed by atoms with van der Waals surface area (Å²) in [4.78, 5) is 23.7. The fraction of sp³-hybridized carbons (Fsp3) is 0.0500. The van der Waals surface area contributed by atoms with Crippen LogP contribution >= 0.6 is 0 Å². The lowest BCUT2D eigenvalue weighted by atomic mass is 9.77. The van der Waals surface area contributed by atoms with Crippen LogP contribution in [0.25, 0.3) is 0 Å². The van der Waals surface area contributed by atoms with E-state index in [0.717, 1.165) is 0 Å². The van der Waals surface area contributed by atoms with E-state index in [2.05, 4.69) is 5.18 Å². The standard InChI is InChI=1S/C20H12N2O5/c21-15-8-14-18(9-16(15)22-25)26-17-7-10(23)5-6-13(17)20(14)12-4-2-1-3-11(12)19(24)27-20/h1-9,23H,21H2. The summed E-state index contributed by atoms with van der Waals surface area (Å²) in [5.41, 5.74) is 6.96. The second kappa shape index (κ2) is 5.07. The first-order valence-electron chi connectivity index (χ1n) is 8.16. The monoisotopic (exact) mass is 360 g/mol. The average Bonchev–Trinajstić information content (AvgIpc) is 2.96. The number of ether oxygens (including phenoxy) is 2. The van der Waals surface area contributed by atoms with Crippen LogP contribution in [0.15, 0.2) is 59.8 Å². The molecule has 3 aromatic carbocycles. The molecule has 0 amide bonds.